The first-order valence-electron chi connectivity index (χ1n) is 5.20. The molecule has 1 rings (SSSR count). The molecule has 5 heteroatoms. The molecule has 0 aromatic heterocycles. The molecule has 1 aromatic rings. The molecule has 0 aliphatic heterocycles. The standard InChI is InChI=1S/C12H15ClN2OS/c1-12(2,8-14)5-6-17(16)11-7-9(13)3-4-10(11)15/h3-4,7H,5-6,15H2,1-2H3. The summed E-state index contributed by atoms with van der Waals surface area (Å²) in [5, 5.41) is 9.40. The van der Waals surface area contributed by atoms with E-state index in [0.29, 0.717) is 27.8 Å². The molecule has 0 aliphatic rings. The maximum atomic E-state index is 12.0. The second kappa shape index (κ2) is 5.52. The zero-order valence-corrected chi connectivity index (χ0v) is 11.4. The molecule has 0 saturated carbocycles. The number of nitrogens with two attached hydrogens (primary N) is 1. The van der Waals surface area contributed by atoms with Gasteiger partial charge in [-0.15, -0.1) is 0 Å². The van der Waals surface area contributed by atoms with Gasteiger partial charge in [-0.2, -0.15) is 5.26 Å². The molecule has 0 radical (unpaired) electrons. The highest BCUT2D eigenvalue weighted by molar-refractivity contribution is 7.85. The van der Waals surface area contributed by atoms with Crippen LogP contribution in [0.1, 0.15) is 20.3 Å². The summed E-state index contributed by atoms with van der Waals surface area (Å²) in [6.45, 7) is 3.65. The highest BCUT2D eigenvalue weighted by Crippen LogP contribution is 2.25. The van der Waals surface area contributed by atoms with Crippen LogP contribution in [0.15, 0.2) is 23.1 Å². The van der Waals surface area contributed by atoms with Gasteiger partial charge in [0, 0.05) is 16.5 Å². The quantitative estimate of drug-likeness (QED) is 0.856. The molecule has 3 nitrogen and oxygen atoms in total. The number of rotatable bonds is 4. The van der Waals surface area contributed by atoms with E-state index in [9.17, 15) is 4.21 Å². The van der Waals surface area contributed by atoms with Crippen molar-refractivity contribution in [3.05, 3.63) is 23.2 Å². The molecule has 0 heterocycles. The zero-order chi connectivity index (χ0) is 13.1. The van der Waals surface area contributed by atoms with Crippen molar-refractivity contribution in [2.75, 3.05) is 11.5 Å². The van der Waals surface area contributed by atoms with Crippen LogP contribution in [0.5, 0.6) is 0 Å². The van der Waals surface area contributed by atoms with Crippen LogP contribution in [0.25, 0.3) is 0 Å². The van der Waals surface area contributed by atoms with Gasteiger partial charge >= 0.3 is 0 Å². The van der Waals surface area contributed by atoms with Crippen LogP contribution < -0.4 is 5.73 Å². The molecule has 1 aromatic carbocycles. The number of halogens is 1. The van der Waals surface area contributed by atoms with E-state index in [2.05, 4.69) is 6.07 Å². The molecule has 0 fully saturated rings. The molecule has 0 bridgehead atoms. The van der Waals surface area contributed by atoms with Crippen LogP contribution in [0.3, 0.4) is 0 Å². The maximum Gasteiger partial charge on any atom is 0.0684 e. The van der Waals surface area contributed by atoms with E-state index in [4.69, 9.17) is 22.6 Å². The number of hydrogen-bond donors (Lipinski definition) is 1. The van der Waals surface area contributed by atoms with Crippen LogP contribution in [-0.2, 0) is 10.8 Å². The molecule has 1 unspecified atom stereocenters. The van der Waals surface area contributed by atoms with Gasteiger partial charge < -0.3 is 5.73 Å². The van der Waals surface area contributed by atoms with Gasteiger partial charge in [-0.3, -0.25) is 4.21 Å². The van der Waals surface area contributed by atoms with Crippen molar-refractivity contribution in [2.24, 2.45) is 5.41 Å². The lowest BCUT2D eigenvalue weighted by Gasteiger charge is -2.14. The number of hydrogen-bond acceptors (Lipinski definition) is 3. The van der Waals surface area contributed by atoms with Crippen molar-refractivity contribution in [3.8, 4) is 6.07 Å². The van der Waals surface area contributed by atoms with Crippen molar-refractivity contribution in [1.29, 1.82) is 5.26 Å². The lowest BCUT2D eigenvalue weighted by molar-refractivity contribution is 0.479. The summed E-state index contributed by atoms with van der Waals surface area (Å²) >= 11 is 5.84. The topological polar surface area (TPSA) is 66.9 Å². The van der Waals surface area contributed by atoms with E-state index in [0.717, 1.165) is 0 Å². The maximum absolute atomic E-state index is 12.0. The van der Waals surface area contributed by atoms with Crippen LogP contribution in [-0.4, -0.2) is 9.96 Å². The van der Waals surface area contributed by atoms with Gasteiger partial charge in [0.15, 0.2) is 0 Å². The van der Waals surface area contributed by atoms with Gasteiger partial charge in [0.05, 0.1) is 27.2 Å². The number of anilines is 1. The van der Waals surface area contributed by atoms with E-state index >= 15 is 0 Å². The fourth-order valence-electron chi connectivity index (χ4n) is 1.22. The zero-order valence-electron chi connectivity index (χ0n) is 9.87. The molecular formula is C12H15ClN2OS. The fourth-order valence-corrected chi connectivity index (χ4v) is 2.96. The van der Waals surface area contributed by atoms with Crippen molar-refractivity contribution < 1.29 is 4.21 Å². The molecule has 92 valence electrons. The highest BCUT2D eigenvalue weighted by atomic mass is 35.5. The molecule has 0 spiro atoms. The average molecular weight is 271 g/mol. The SMILES string of the molecule is CC(C)(C#N)CCS(=O)c1cc(Cl)ccc1N. The smallest absolute Gasteiger partial charge is 0.0684 e. The Morgan fingerprint density at radius 2 is 2.18 bits per heavy atom. The van der Waals surface area contributed by atoms with Crippen molar-refractivity contribution in [1.82, 2.24) is 0 Å². The Hall–Kier alpha value is -1.05. The Balaban J connectivity index is 2.78. The first kappa shape index (κ1) is 14.0. The van der Waals surface area contributed by atoms with Crippen molar-refractivity contribution in [2.45, 2.75) is 25.2 Å². The number of nitrogen functional groups attached to an aromatic ring is 1. The minimum absolute atomic E-state index is 0.408. The number of nitrogens with zero attached hydrogens (tertiary/aromatic N) is 1. The molecule has 17 heavy (non-hydrogen) atoms. The Labute approximate surface area is 109 Å². The molecule has 0 amide bonds. The van der Waals surface area contributed by atoms with E-state index in [1.165, 1.54) is 0 Å². The first-order chi connectivity index (χ1) is 7.85. The first-order valence-corrected chi connectivity index (χ1v) is 6.90. The van der Waals surface area contributed by atoms with Crippen LogP contribution in [0.4, 0.5) is 5.69 Å². The predicted molar refractivity (Wildman–Crippen MR) is 71.2 cm³/mol. The van der Waals surface area contributed by atoms with Crippen LogP contribution in [0.2, 0.25) is 5.02 Å². The van der Waals surface area contributed by atoms with E-state index in [-0.39, 0.29) is 0 Å². The Kier molecular flexibility index (Phi) is 4.55. The second-order valence-corrected chi connectivity index (χ2v) is 6.45. The van der Waals surface area contributed by atoms with Crippen molar-refractivity contribution >= 4 is 28.1 Å². The Morgan fingerprint density at radius 1 is 1.53 bits per heavy atom. The second-order valence-electron chi connectivity index (χ2n) is 4.48. The van der Waals surface area contributed by atoms with E-state index < -0.39 is 16.2 Å². The minimum atomic E-state index is -1.21. The minimum Gasteiger partial charge on any atom is -0.398 e. The summed E-state index contributed by atoms with van der Waals surface area (Å²) in [4.78, 5) is 0.547. The lowest BCUT2D eigenvalue weighted by atomic mass is 9.93. The highest BCUT2D eigenvalue weighted by Gasteiger charge is 2.19. The molecular weight excluding hydrogens is 256 g/mol. The van der Waals surface area contributed by atoms with Crippen LogP contribution >= 0.6 is 11.6 Å². The normalized spacial score (nSPS) is 13.1. The predicted octanol–water partition coefficient (Wildman–Crippen LogP) is 2.97. The number of benzene rings is 1. The summed E-state index contributed by atoms with van der Waals surface area (Å²) < 4.78 is 12.0. The Bertz CT molecular complexity index is 480. The third-order valence-electron chi connectivity index (χ3n) is 2.44. The van der Waals surface area contributed by atoms with Crippen molar-refractivity contribution in [3.63, 3.8) is 0 Å². The van der Waals surface area contributed by atoms with Crippen LogP contribution in [0, 0.1) is 16.7 Å². The average Bonchev–Trinajstić information content (AvgIpc) is 2.29. The van der Waals surface area contributed by atoms with Gasteiger partial charge in [-0.05, 0) is 38.5 Å². The van der Waals surface area contributed by atoms with Gasteiger partial charge in [0.25, 0.3) is 0 Å². The molecule has 0 aliphatic carbocycles. The summed E-state index contributed by atoms with van der Waals surface area (Å²) in [6.07, 6.45) is 0.558. The van der Waals surface area contributed by atoms with Gasteiger partial charge in [0.1, 0.15) is 0 Å². The summed E-state index contributed by atoms with van der Waals surface area (Å²) in [5.41, 5.74) is 5.75. The summed E-state index contributed by atoms with van der Waals surface area (Å²) in [5.74, 6) is 0.408. The van der Waals surface area contributed by atoms with Gasteiger partial charge in [-0.25, -0.2) is 0 Å². The third-order valence-corrected chi connectivity index (χ3v) is 4.09. The lowest BCUT2D eigenvalue weighted by Crippen LogP contribution is -2.13. The van der Waals surface area contributed by atoms with E-state index in [1.54, 1.807) is 18.2 Å². The molecule has 2 N–H and O–H groups in total. The summed E-state index contributed by atoms with van der Waals surface area (Å²) in [7, 11) is -1.21. The fraction of sp³-hybridized carbons (Fsp3) is 0.417. The summed E-state index contributed by atoms with van der Waals surface area (Å²) in [6, 6.07) is 7.11. The Morgan fingerprint density at radius 3 is 2.76 bits per heavy atom. The van der Waals surface area contributed by atoms with Gasteiger partial charge in [0.2, 0.25) is 0 Å². The largest absolute Gasteiger partial charge is 0.398 e. The molecule has 1 atom stereocenters. The van der Waals surface area contributed by atoms with Gasteiger partial charge in [-0.1, -0.05) is 11.6 Å². The third kappa shape index (κ3) is 4.03. The monoisotopic (exact) mass is 270 g/mol. The number of nitriles is 1. The van der Waals surface area contributed by atoms with E-state index in [1.807, 2.05) is 13.8 Å². The molecule has 0 saturated heterocycles.